The van der Waals surface area contributed by atoms with E-state index < -0.39 is 59.3 Å². The van der Waals surface area contributed by atoms with Crippen LogP contribution in [0.25, 0.3) is 0 Å². The predicted molar refractivity (Wildman–Crippen MR) is 101 cm³/mol. The third-order valence-electron chi connectivity index (χ3n) is 5.36. The Morgan fingerprint density at radius 2 is 1.10 bits per heavy atom. The minimum atomic E-state index is -8.21. The molecule has 1 aromatic heterocycles. The first-order valence-corrected chi connectivity index (χ1v) is 10.5. The summed E-state index contributed by atoms with van der Waals surface area (Å²) in [6, 6.07) is 2.12. The number of aryl methyl sites for hydroxylation is 1. The van der Waals surface area contributed by atoms with Gasteiger partial charge in [0.1, 0.15) is 24.7 Å². The van der Waals surface area contributed by atoms with Gasteiger partial charge < -0.3 is 4.74 Å². The fourth-order valence-corrected chi connectivity index (χ4v) is 3.40. The normalized spacial score (nSPS) is 14.3. The molecule has 0 spiro atoms. The average molecular weight is 633 g/mol. The molecule has 2 rings (SSSR count). The zero-order chi connectivity index (χ0) is 32.0. The highest BCUT2D eigenvalue weighted by Crippen LogP contribution is 2.63. The van der Waals surface area contributed by atoms with Crippen LogP contribution < -0.4 is 9.30 Å². The molecule has 0 atom stereocenters. The van der Waals surface area contributed by atoms with Crippen LogP contribution in [-0.4, -0.2) is 46.8 Å². The Labute approximate surface area is 217 Å². The van der Waals surface area contributed by atoms with Crippen LogP contribution in [0.15, 0.2) is 54.3 Å². The van der Waals surface area contributed by atoms with Gasteiger partial charge >= 0.3 is 42.2 Å². The highest BCUT2D eigenvalue weighted by molar-refractivity contribution is 5.42. The van der Waals surface area contributed by atoms with Gasteiger partial charge in [-0.1, -0.05) is 12.1 Å². The van der Waals surface area contributed by atoms with Crippen LogP contribution in [0, 0.1) is 0 Å². The maximum absolute atomic E-state index is 14.7. The molecule has 41 heavy (non-hydrogen) atoms. The molecule has 232 valence electrons. The van der Waals surface area contributed by atoms with Crippen LogP contribution >= 0.6 is 0 Å². The SMILES string of the molecule is CCn1cc[n+](Cc2ccc(OC(=C(C(F)(C(F)(F)F)C(F)(F)F)C(F)(C(F)(F)F)C(F)(F)F)C(F)(F)F)cc2)c1. The highest BCUT2D eigenvalue weighted by Gasteiger charge is 2.88. The van der Waals surface area contributed by atoms with Crippen LogP contribution in [0.4, 0.5) is 74.6 Å². The number of aromatic nitrogens is 2. The van der Waals surface area contributed by atoms with Crippen molar-refractivity contribution in [2.24, 2.45) is 0 Å². The number of allylic oxidation sites excluding steroid dienone is 2. The summed E-state index contributed by atoms with van der Waals surface area (Å²) in [7, 11) is 0. The van der Waals surface area contributed by atoms with Crippen LogP contribution in [0.3, 0.4) is 0 Å². The topological polar surface area (TPSA) is 18.0 Å². The molecule has 0 aliphatic carbocycles. The first-order chi connectivity index (χ1) is 18.2. The molecule has 1 heterocycles. The van der Waals surface area contributed by atoms with Gasteiger partial charge in [0.25, 0.3) is 0 Å². The Kier molecular flexibility index (Phi) is 8.75. The first-order valence-electron chi connectivity index (χ1n) is 10.5. The Morgan fingerprint density at radius 1 is 0.683 bits per heavy atom. The van der Waals surface area contributed by atoms with Crippen LogP contribution in [-0.2, 0) is 13.1 Å². The average Bonchev–Trinajstić information content (AvgIpc) is 3.23. The van der Waals surface area contributed by atoms with Crippen molar-refractivity contribution in [1.82, 2.24) is 4.57 Å². The maximum atomic E-state index is 14.7. The number of hydrogen-bond donors (Lipinski definition) is 0. The molecule has 1 aromatic carbocycles. The lowest BCUT2D eigenvalue weighted by Gasteiger charge is -2.41. The minimum Gasteiger partial charge on any atom is -0.452 e. The molecule has 2 aromatic rings. The number of alkyl halides is 17. The maximum Gasteiger partial charge on any atom is 0.449 e. The third kappa shape index (κ3) is 6.34. The van der Waals surface area contributed by atoms with Gasteiger partial charge in [-0.3, -0.25) is 0 Å². The van der Waals surface area contributed by atoms with Gasteiger partial charge in [-0.25, -0.2) is 17.9 Å². The van der Waals surface area contributed by atoms with Crippen LogP contribution in [0.1, 0.15) is 12.5 Å². The molecule has 0 saturated carbocycles. The van der Waals surface area contributed by atoms with Crippen molar-refractivity contribution in [2.45, 2.75) is 62.2 Å². The van der Waals surface area contributed by atoms with Crippen molar-refractivity contribution >= 4 is 0 Å². The molecular formula is C21H14F17N2O+. The van der Waals surface area contributed by atoms with E-state index in [2.05, 4.69) is 4.74 Å². The van der Waals surface area contributed by atoms with Gasteiger partial charge in [0, 0.05) is 0 Å². The van der Waals surface area contributed by atoms with Crippen molar-refractivity contribution in [3.63, 3.8) is 0 Å². The largest absolute Gasteiger partial charge is 0.452 e. The van der Waals surface area contributed by atoms with Crippen molar-refractivity contribution < 1.29 is 83.9 Å². The molecule has 3 nitrogen and oxygen atoms in total. The molecule has 0 bridgehead atoms. The van der Waals surface area contributed by atoms with Gasteiger partial charge in [-0.05, 0) is 24.6 Å². The second kappa shape index (κ2) is 10.6. The minimum absolute atomic E-state index is 0.0913. The van der Waals surface area contributed by atoms with Crippen LogP contribution in [0.2, 0.25) is 0 Å². The zero-order valence-corrected chi connectivity index (χ0v) is 19.7. The Bertz CT molecular complexity index is 1160. The fraction of sp³-hybridized carbons (Fsp3) is 0.476. The van der Waals surface area contributed by atoms with Gasteiger partial charge in [0.15, 0.2) is 0 Å². The van der Waals surface area contributed by atoms with E-state index in [1.165, 1.54) is 17.1 Å². The summed E-state index contributed by atoms with van der Waals surface area (Å²) < 4.78 is 236. The van der Waals surface area contributed by atoms with E-state index in [1.54, 1.807) is 17.7 Å². The van der Waals surface area contributed by atoms with E-state index >= 15 is 0 Å². The summed E-state index contributed by atoms with van der Waals surface area (Å²) in [5, 5.41) is 0. The molecule has 20 heteroatoms. The first kappa shape index (κ1) is 34.0. The van der Waals surface area contributed by atoms with E-state index in [0.29, 0.717) is 6.54 Å². The van der Waals surface area contributed by atoms with Crippen molar-refractivity contribution in [3.8, 4) is 5.75 Å². The summed E-state index contributed by atoms with van der Waals surface area (Å²) in [6.07, 6.45) is -34.8. The summed E-state index contributed by atoms with van der Waals surface area (Å²) in [5.41, 5.74) is -21.8. The van der Waals surface area contributed by atoms with Crippen molar-refractivity contribution in [3.05, 3.63) is 59.9 Å². The van der Waals surface area contributed by atoms with E-state index in [4.69, 9.17) is 0 Å². The number of halogens is 17. The highest BCUT2D eigenvalue weighted by atomic mass is 19.4. The van der Waals surface area contributed by atoms with E-state index in [-0.39, 0.29) is 24.2 Å². The number of imidazole rings is 1. The molecule has 0 unspecified atom stereocenters. The number of ether oxygens (including phenoxy) is 1. The lowest BCUT2D eigenvalue weighted by molar-refractivity contribution is -0.687. The summed E-state index contributed by atoms with van der Waals surface area (Å²) in [5.74, 6) is -6.14. The number of rotatable bonds is 7. The lowest BCUT2D eigenvalue weighted by atomic mass is 9.79. The second-order valence-electron chi connectivity index (χ2n) is 8.17. The number of nitrogens with zero attached hydrogens (tertiary/aromatic N) is 2. The number of hydrogen-bond acceptors (Lipinski definition) is 1. The smallest absolute Gasteiger partial charge is 0.449 e. The van der Waals surface area contributed by atoms with E-state index in [9.17, 15) is 74.6 Å². The van der Waals surface area contributed by atoms with Crippen molar-refractivity contribution in [1.29, 1.82) is 0 Å². The van der Waals surface area contributed by atoms with Crippen molar-refractivity contribution in [2.75, 3.05) is 0 Å². The lowest BCUT2D eigenvalue weighted by Crippen LogP contribution is -2.67. The monoisotopic (exact) mass is 633 g/mol. The number of benzene rings is 1. The molecule has 0 radical (unpaired) electrons. The molecule has 0 saturated heterocycles. The standard InChI is InChI=1S/C21H14F17N2O/c1-2-39-7-8-40(10-39)9-11-3-5-12(6-4-11)41-14(17(24,25)26)13(15(22,18(27,28)29)19(30,31)32)16(23,20(33,34)35)21(36,37)38/h3-8,10H,2,9H2,1H3/q+1. The fourth-order valence-electron chi connectivity index (χ4n) is 3.40. The Balaban J connectivity index is 2.92. The molecule has 0 N–H and O–H groups in total. The summed E-state index contributed by atoms with van der Waals surface area (Å²) >= 11 is 0. The van der Waals surface area contributed by atoms with Gasteiger partial charge in [-0.15, -0.1) is 0 Å². The predicted octanol–water partition coefficient (Wildman–Crippen LogP) is 7.70. The second-order valence-corrected chi connectivity index (χ2v) is 8.17. The van der Waals surface area contributed by atoms with Gasteiger partial charge in [0.2, 0.25) is 12.1 Å². The third-order valence-corrected chi connectivity index (χ3v) is 5.36. The van der Waals surface area contributed by atoms with Gasteiger partial charge in [0.05, 0.1) is 12.1 Å². The van der Waals surface area contributed by atoms with E-state index in [1.807, 2.05) is 0 Å². The molecule has 0 aliphatic heterocycles. The van der Waals surface area contributed by atoms with Gasteiger partial charge in [-0.2, -0.15) is 65.9 Å². The molecule has 0 fully saturated rings. The van der Waals surface area contributed by atoms with E-state index in [0.717, 1.165) is 12.1 Å². The Morgan fingerprint density at radius 3 is 1.41 bits per heavy atom. The summed E-state index contributed by atoms with van der Waals surface area (Å²) in [6.45, 7) is 2.14. The van der Waals surface area contributed by atoms with Crippen LogP contribution in [0.5, 0.6) is 5.75 Å². The summed E-state index contributed by atoms with van der Waals surface area (Å²) in [4.78, 5) is 0. The molecular weight excluding hydrogens is 619 g/mol. The quantitative estimate of drug-likeness (QED) is 0.174. The molecule has 0 aliphatic rings. The molecule has 0 amide bonds. The Hall–Kier alpha value is -3.22. The zero-order valence-electron chi connectivity index (χ0n) is 19.7.